The molecular weight excluding hydrogens is 318 g/mol. The molecule has 1 saturated carbocycles. The minimum atomic E-state index is 0.0107. The van der Waals surface area contributed by atoms with Crippen molar-refractivity contribution in [3.8, 4) is 0 Å². The van der Waals surface area contributed by atoms with E-state index in [1.54, 1.807) is 0 Å². The summed E-state index contributed by atoms with van der Waals surface area (Å²) in [6.45, 7) is 9.42. The minimum absolute atomic E-state index is 0.0107. The summed E-state index contributed by atoms with van der Waals surface area (Å²) in [5.41, 5.74) is 0. The molecule has 0 aromatic rings. The molecule has 1 aliphatic carbocycles. The number of nitrogens with one attached hydrogen (secondary N) is 1. The van der Waals surface area contributed by atoms with E-state index in [1.807, 2.05) is 20.8 Å². The van der Waals surface area contributed by atoms with Gasteiger partial charge in [0.05, 0.1) is 0 Å². The summed E-state index contributed by atoms with van der Waals surface area (Å²) in [5, 5.41) is 2.80. The molecule has 1 fully saturated rings. The van der Waals surface area contributed by atoms with E-state index in [9.17, 15) is 9.59 Å². The number of rotatable bonds is 13. The quantitative estimate of drug-likeness (QED) is 0.515. The van der Waals surface area contributed by atoms with E-state index in [1.165, 1.54) is 25.7 Å². The summed E-state index contributed by atoms with van der Waals surface area (Å²) in [6, 6.07) is 0. The Balaban J connectivity index is 1.95. The first-order valence-corrected chi connectivity index (χ1v) is 9.97. The highest BCUT2D eigenvalue weighted by atomic mass is 16.5. The van der Waals surface area contributed by atoms with E-state index in [0.29, 0.717) is 31.9 Å². The molecule has 0 atom stereocenters. The summed E-state index contributed by atoms with van der Waals surface area (Å²) in [7, 11) is 0. The molecule has 0 radical (unpaired) electrons. The Morgan fingerprint density at radius 1 is 1.00 bits per heavy atom. The molecule has 0 saturated heterocycles. The van der Waals surface area contributed by atoms with Crippen LogP contribution < -0.4 is 5.32 Å². The van der Waals surface area contributed by atoms with E-state index < -0.39 is 0 Å². The number of carbonyl (C=O) groups is 2. The zero-order chi connectivity index (χ0) is 18.5. The number of amides is 1. The lowest BCUT2D eigenvalue weighted by atomic mass is 9.83. The van der Waals surface area contributed by atoms with Crippen LogP contribution >= 0.6 is 0 Å². The van der Waals surface area contributed by atoms with Gasteiger partial charge in [-0.15, -0.1) is 0 Å². The van der Waals surface area contributed by atoms with Crippen molar-refractivity contribution in [1.29, 1.82) is 0 Å². The van der Waals surface area contributed by atoms with Crippen LogP contribution in [0.5, 0.6) is 0 Å². The number of hydrogen-bond donors (Lipinski definition) is 1. The first-order chi connectivity index (χ1) is 12.0. The predicted octanol–water partition coefficient (Wildman–Crippen LogP) is 3.36. The molecule has 0 bridgehead atoms. The third-order valence-corrected chi connectivity index (χ3v) is 4.91. The minimum Gasteiger partial charge on any atom is -0.381 e. The SMILES string of the molecule is CCOC[C@H]1CC[C@@H](COCCCC(=O)NCCC(=O)C(C)C)CC1. The van der Waals surface area contributed by atoms with Crippen LogP contribution in [0.4, 0.5) is 0 Å². The van der Waals surface area contributed by atoms with Gasteiger partial charge in [0.15, 0.2) is 0 Å². The van der Waals surface area contributed by atoms with Crippen molar-refractivity contribution in [3.05, 3.63) is 0 Å². The third-order valence-electron chi connectivity index (χ3n) is 4.91. The van der Waals surface area contributed by atoms with Gasteiger partial charge in [-0.25, -0.2) is 0 Å². The Kier molecular flexibility index (Phi) is 11.7. The van der Waals surface area contributed by atoms with Crippen LogP contribution in [0.2, 0.25) is 0 Å². The molecule has 1 aliphatic rings. The summed E-state index contributed by atoms with van der Waals surface area (Å²) >= 11 is 0. The standard InChI is InChI=1S/C20H37NO4/c1-4-24-14-17-7-9-18(10-8-17)15-25-13-5-6-20(23)21-12-11-19(22)16(2)3/h16-18H,4-15H2,1-3H3,(H,21,23)/t17-,18+. The van der Waals surface area contributed by atoms with E-state index >= 15 is 0 Å². The van der Waals surface area contributed by atoms with Gasteiger partial charge in [0.25, 0.3) is 0 Å². The van der Waals surface area contributed by atoms with Gasteiger partial charge in [0, 0.05) is 51.7 Å². The van der Waals surface area contributed by atoms with Crippen molar-refractivity contribution in [2.45, 2.75) is 65.7 Å². The lowest BCUT2D eigenvalue weighted by molar-refractivity contribution is -0.123. The second-order valence-electron chi connectivity index (χ2n) is 7.45. The molecule has 0 spiro atoms. The molecular formula is C20H37NO4. The van der Waals surface area contributed by atoms with Crippen molar-refractivity contribution in [2.75, 3.05) is 33.0 Å². The molecule has 5 nitrogen and oxygen atoms in total. The van der Waals surface area contributed by atoms with E-state index in [-0.39, 0.29) is 17.6 Å². The van der Waals surface area contributed by atoms with Crippen molar-refractivity contribution < 1.29 is 19.1 Å². The van der Waals surface area contributed by atoms with Crippen LogP contribution in [-0.4, -0.2) is 44.7 Å². The summed E-state index contributed by atoms with van der Waals surface area (Å²) in [5.74, 6) is 1.63. The van der Waals surface area contributed by atoms with Crippen molar-refractivity contribution >= 4 is 11.7 Å². The first-order valence-electron chi connectivity index (χ1n) is 9.97. The number of Topliss-reactive ketones (excluding diaryl/α,β-unsaturated/α-hetero) is 1. The van der Waals surface area contributed by atoms with Gasteiger partial charge < -0.3 is 14.8 Å². The zero-order valence-corrected chi connectivity index (χ0v) is 16.4. The molecule has 0 unspecified atom stereocenters. The van der Waals surface area contributed by atoms with E-state index in [2.05, 4.69) is 5.32 Å². The molecule has 0 aromatic heterocycles. The number of ketones is 1. The van der Waals surface area contributed by atoms with Gasteiger partial charge in [-0.3, -0.25) is 9.59 Å². The van der Waals surface area contributed by atoms with Crippen molar-refractivity contribution in [1.82, 2.24) is 5.32 Å². The molecule has 1 rings (SSSR count). The third kappa shape index (κ3) is 10.6. The van der Waals surface area contributed by atoms with Crippen LogP contribution in [0.25, 0.3) is 0 Å². The Labute approximate surface area is 153 Å². The van der Waals surface area contributed by atoms with Crippen LogP contribution in [0.1, 0.15) is 65.7 Å². The Morgan fingerprint density at radius 3 is 2.16 bits per heavy atom. The topological polar surface area (TPSA) is 64.6 Å². The predicted molar refractivity (Wildman–Crippen MR) is 99.5 cm³/mol. The van der Waals surface area contributed by atoms with Gasteiger partial charge in [0.1, 0.15) is 5.78 Å². The van der Waals surface area contributed by atoms with Crippen LogP contribution in [0.3, 0.4) is 0 Å². The van der Waals surface area contributed by atoms with Crippen LogP contribution in [0.15, 0.2) is 0 Å². The fourth-order valence-corrected chi connectivity index (χ4v) is 3.14. The van der Waals surface area contributed by atoms with Crippen LogP contribution in [0, 0.1) is 17.8 Å². The lowest BCUT2D eigenvalue weighted by Crippen LogP contribution is -2.27. The van der Waals surface area contributed by atoms with Gasteiger partial charge in [0.2, 0.25) is 5.91 Å². The second kappa shape index (κ2) is 13.3. The maximum atomic E-state index is 11.7. The van der Waals surface area contributed by atoms with Crippen LogP contribution in [-0.2, 0) is 19.1 Å². The first kappa shape index (κ1) is 22.1. The Bertz CT molecular complexity index is 376. The monoisotopic (exact) mass is 355 g/mol. The largest absolute Gasteiger partial charge is 0.381 e. The maximum Gasteiger partial charge on any atom is 0.220 e. The molecule has 0 heterocycles. The average molecular weight is 356 g/mol. The molecule has 0 aliphatic heterocycles. The number of ether oxygens (including phenoxy) is 2. The summed E-state index contributed by atoms with van der Waals surface area (Å²) in [6.07, 6.45) is 6.56. The smallest absolute Gasteiger partial charge is 0.220 e. The second-order valence-corrected chi connectivity index (χ2v) is 7.45. The van der Waals surface area contributed by atoms with Gasteiger partial charge in [-0.1, -0.05) is 13.8 Å². The lowest BCUT2D eigenvalue weighted by Gasteiger charge is -2.28. The molecule has 146 valence electrons. The molecule has 5 heteroatoms. The fourth-order valence-electron chi connectivity index (χ4n) is 3.14. The molecule has 1 N–H and O–H groups in total. The maximum absolute atomic E-state index is 11.7. The number of carbonyl (C=O) groups excluding carboxylic acids is 2. The van der Waals surface area contributed by atoms with Gasteiger partial charge >= 0.3 is 0 Å². The van der Waals surface area contributed by atoms with Gasteiger partial charge in [-0.05, 0) is 50.9 Å². The Morgan fingerprint density at radius 2 is 1.60 bits per heavy atom. The van der Waals surface area contributed by atoms with E-state index in [0.717, 1.165) is 32.2 Å². The average Bonchev–Trinajstić information content (AvgIpc) is 2.60. The molecule has 1 amide bonds. The van der Waals surface area contributed by atoms with Gasteiger partial charge in [-0.2, -0.15) is 0 Å². The summed E-state index contributed by atoms with van der Waals surface area (Å²) < 4.78 is 11.3. The molecule has 25 heavy (non-hydrogen) atoms. The fraction of sp³-hybridized carbons (Fsp3) is 0.900. The highest BCUT2D eigenvalue weighted by Crippen LogP contribution is 2.29. The normalized spacial score (nSPS) is 20.6. The highest BCUT2D eigenvalue weighted by Gasteiger charge is 2.21. The zero-order valence-electron chi connectivity index (χ0n) is 16.4. The van der Waals surface area contributed by atoms with Crippen molar-refractivity contribution in [3.63, 3.8) is 0 Å². The summed E-state index contributed by atoms with van der Waals surface area (Å²) in [4.78, 5) is 23.2. The highest BCUT2D eigenvalue weighted by molar-refractivity contribution is 5.81. The van der Waals surface area contributed by atoms with E-state index in [4.69, 9.17) is 9.47 Å². The number of hydrogen-bond acceptors (Lipinski definition) is 4. The Hall–Kier alpha value is -0.940. The molecule has 0 aromatic carbocycles. The van der Waals surface area contributed by atoms with Crippen molar-refractivity contribution in [2.24, 2.45) is 17.8 Å².